The van der Waals surface area contributed by atoms with Crippen molar-refractivity contribution in [3.05, 3.63) is 74.8 Å². The first-order valence-electron chi connectivity index (χ1n) is 8.09. The summed E-state index contributed by atoms with van der Waals surface area (Å²) in [5, 5.41) is 11.1. The number of benzene rings is 2. The lowest BCUT2D eigenvalue weighted by atomic mass is 10.0. The Morgan fingerprint density at radius 2 is 1.81 bits per heavy atom. The minimum atomic E-state index is -0.609. The minimum Gasteiger partial charge on any atom is -0.345 e. The highest BCUT2D eigenvalue weighted by molar-refractivity contribution is 6.31. The molecule has 0 spiro atoms. The molecule has 0 atom stereocenters. The molecule has 140 valence electrons. The SMILES string of the molecule is CN1CCC(=O)CC1=O.O=C(c1ccccc1)c1ccc(Cl)cc1[N+](=O)[O-]. The average molecular weight is 389 g/mol. The van der Waals surface area contributed by atoms with Gasteiger partial charge in [0, 0.05) is 36.7 Å². The summed E-state index contributed by atoms with van der Waals surface area (Å²) >= 11 is 5.70. The second kappa shape index (κ2) is 9.05. The van der Waals surface area contributed by atoms with Crippen molar-refractivity contribution in [3.8, 4) is 0 Å². The third-order valence-corrected chi connectivity index (χ3v) is 4.17. The van der Waals surface area contributed by atoms with E-state index >= 15 is 0 Å². The van der Waals surface area contributed by atoms with Crippen LogP contribution in [0.4, 0.5) is 5.69 Å². The third-order valence-electron chi connectivity index (χ3n) is 3.94. The smallest absolute Gasteiger partial charge is 0.282 e. The number of hydrogen-bond donors (Lipinski definition) is 0. The van der Waals surface area contributed by atoms with E-state index in [1.165, 1.54) is 18.2 Å². The maximum absolute atomic E-state index is 12.1. The maximum Gasteiger partial charge on any atom is 0.282 e. The molecule has 1 amide bonds. The lowest BCUT2D eigenvalue weighted by Gasteiger charge is -2.20. The zero-order chi connectivity index (χ0) is 20.0. The fraction of sp³-hybridized carbons (Fsp3) is 0.211. The maximum atomic E-state index is 12.1. The van der Waals surface area contributed by atoms with E-state index in [4.69, 9.17) is 11.6 Å². The highest BCUT2D eigenvalue weighted by atomic mass is 35.5. The fourth-order valence-electron chi connectivity index (χ4n) is 2.40. The summed E-state index contributed by atoms with van der Waals surface area (Å²) in [6, 6.07) is 12.4. The van der Waals surface area contributed by atoms with Crippen molar-refractivity contribution in [1.82, 2.24) is 4.90 Å². The van der Waals surface area contributed by atoms with Gasteiger partial charge in [-0.15, -0.1) is 0 Å². The molecule has 1 fully saturated rings. The van der Waals surface area contributed by atoms with Crippen LogP contribution < -0.4 is 0 Å². The Bertz CT molecular complexity index is 883. The summed E-state index contributed by atoms with van der Waals surface area (Å²) in [5.74, 6) is -0.372. The van der Waals surface area contributed by atoms with Gasteiger partial charge in [0.1, 0.15) is 11.3 Å². The fourth-order valence-corrected chi connectivity index (χ4v) is 2.57. The Labute approximate surface area is 160 Å². The van der Waals surface area contributed by atoms with Gasteiger partial charge in [0.05, 0.1) is 11.3 Å². The van der Waals surface area contributed by atoms with E-state index in [2.05, 4.69) is 0 Å². The molecule has 8 heteroatoms. The van der Waals surface area contributed by atoms with Crippen molar-refractivity contribution in [2.45, 2.75) is 12.8 Å². The van der Waals surface area contributed by atoms with E-state index < -0.39 is 4.92 Å². The molecule has 2 aromatic carbocycles. The number of nitro groups is 1. The van der Waals surface area contributed by atoms with Crippen molar-refractivity contribution in [2.24, 2.45) is 0 Å². The summed E-state index contributed by atoms with van der Waals surface area (Å²) in [5.41, 5.74) is 0.162. The van der Waals surface area contributed by atoms with Crippen LogP contribution >= 0.6 is 11.6 Å². The van der Waals surface area contributed by atoms with Crippen LogP contribution in [0, 0.1) is 10.1 Å². The molecule has 1 saturated heterocycles. The Balaban J connectivity index is 0.000000244. The number of carbonyl (C=O) groups is 3. The highest BCUT2D eigenvalue weighted by Crippen LogP contribution is 2.25. The highest BCUT2D eigenvalue weighted by Gasteiger charge is 2.21. The molecule has 0 unspecified atom stereocenters. The van der Waals surface area contributed by atoms with Crippen molar-refractivity contribution >= 4 is 34.8 Å². The molecule has 0 bridgehead atoms. The van der Waals surface area contributed by atoms with Crippen molar-refractivity contribution < 1.29 is 19.3 Å². The van der Waals surface area contributed by atoms with Gasteiger partial charge in [-0.05, 0) is 12.1 Å². The number of ketones is 2. The lowest BCUT2D eigenvalue weighted by Crippen LogP contribution is -2.35. The van der Waals surface area contributed by atoms with Crippen LogP contribution in [0.5, 0.6) is 0 Å². The van der Waals surface area contributed by atoms with Crippen LogP contribution in [0.2, 0.25) is 5.02 Å². The Kier molecular flexibility index (Phi) is 6.79. The van der Waals surface area contributed by atoms with Crippen LogP contribution in [0.25, 0.3) is 0 Å². The van der Waals surface area contributed by atoms with Gasteiger partial charge in [-0.3, -0.25) is 24.5 Å². The molecule has 27 heavy (non-hydrogen) atoms. The second-order valence-electron chi connectivity index (χ2n) is 5.89. The summed E-state index contributed by atoms with van der Waals surface area (Å²) in [4.78, 5) is 45.3. The molecule has 0 saturated carbocycles. The van der Waals surface area contributed by atoms with E-state index in [1.807, 2.05) is 0 Å². The number of likely N-dealkylation sites (tertiary alicyclic amines) is 1. The van der Waals surface area contributed by atoms with E-state index in [0.717, 1.165) is 0 Å². The number of rotatable bonds is 3. The molecule has 0 aromatic heterocycles. The summed E-state index contributed by atoms with van der Waals surface area (Å²) in [6.07, 6.45) is 0.638. The zero-order valence-corrected chi connectivity index (χ0v) is 15.3. The van der Waals surface area contributed by atoms with Crippen LogP contribution in [-0.4, -0.2) is 40.9 Å². The molecule has 1 aliphatic rings. The first-order chi connectivity index (χ1) is 12.8. The molecule has 1 heterocycles. The Morgan fingerprint density at radius 3 is 2.37 bits per heavy atom. The quantitative estimate of drug-likeness (QED) is 0.348. The standard InChI is InChI=1S/C13H8ClNO3.C6H9NO2/c14-10-6-7-11(12(8-10)15(17)18)13(16)9-4-2-1-3-5-9;1-7-3-2-5(8)4-6(7)9/h1-8H;2-4H2,1H3. The number of hydrogen-bond acceptors (Lipinski definition) is 5. The monoisotopic (exact) mass is 388 g/mol. The van der Waals surface area contributed by atoms with Crippen molar-refractivity contribution in [3.63, 3.8) is 0 Å². The summed E-state index contributed by atoms with van der Waals surface area (Å²) in [7, 11) is 1.72. The summed E-state index contributed by atoms with van der Waals surface area (Å²) < 4.78 is 0. The second-order valence-corrected chi connectivity index (χ2v) is 6.33. The number of piperidine rings is 1. The predicted molar refractivity (Wildman–Crippen MR) is 99.9 cm³/mol. The number of nitrogens with zero attached hydrogens (tertiary/aromatic N) is 2. The van der Waals surface area contributed by atoms with Crippen molar-refractivity contribution in [2.75, 3.05) is 13.6 Å². The van der Waals surface area contributed by atoms with Crippen LogP contribution in [0.3, 0.4) is 0 Å². The number of halogens is 1. The zero-order valence-electron chi connectivity index (χ0n) is 14.6. The normalized spacial score (nSPS) is 13.6. The Hall–Kier alpha value is -3.06. The molecule has 0 radical (unpaired) electrons. The largest absolute Gasteiger partial charge is 0.345 e. The lowest BCUT2D eigenvalue weighted by molar-refractivity contribution is -0.385. The topological polar surface area (TPSA) is 97.6 Å². The van der Waals surface area contributed by atoms with Crippen LogP contribution in [0.1, 0.15) is 28.8 Å². The Morgan fingerprint density at radius 1 is 1.15 bits per heavy atom. The van der Waals surface area contributed by atoms with Gasteiger partial charge < -0.3 is 4.90 Å². The first-order valence-corrected chi connectivity index (χ1v) is 8.46. The molecular weight excluding hydrogens is 372 g/mol. The van der Waals surface area contributed by atoms with Gasteiger partial charge in [-0.1, -0.05) is 41.9 Å². The average Bonchev–Trinajstić information content (AvgIpc) is 2.65. The number of nitro benzene ring substituents is 1. The molecule has 1 aliphatic heterocycles. The van der Waals surface area contributed by atoms with E-state index in [0.29, 0.717) is 18.5 Å². The minimum absolute atomic E-state index is 0.0376. The van der Waals surface area contributed by atoms with Gasteiger partial charge in [0.25, 0.3) is 5.69 Å². The van der Waals surface area contributed by atoms with Crippen molar-refractivity contribution in [1.29, 1.82) is 0 Å². The molecular formula is C19H17ClN2O5. The number of carbonyl (C=O) groups excluding carboxylic acids is 3. The molecule has 7 nitrogen and oxygen atoms in total. The van der Waals surface area contributed by atoms with Gasteiger partial charge in [-0.25, -0.2) is 0 Å². The van der Waals surface area contributed by atoms with E-state index in [1.54, 1.807) is 42.3 Å². The first kappa shape index (κ1) is 20.3. The van der Waals surface area contributed by atoms with Gasteiger partial charge in [0.2, 0.25) is 5.91 Å². The van der Waals surface area contributed by atoms with E-state index in [-0.39, 0.29) is 40.2 Å². The number of amides is 1. The number of Topliss-reactive ketones (excluding diaryl/α,β-unsaturated/α-hetero) is 1. The molecule has 0 aliphatic carbocycles. The molecule has 0 N–H and O–H groups in total. The van der Waals surface area contributed by atoms with Gasteiger partial charge in [-0.2, -0.15) is 0 Å². The summed E-state index contributed by atoms with van der Waals surface area (Å²) in [6.45, 7) is 0.595. The predicted octanol–water partition coefficient (Wildman–Crippen LogP) is 3.29. The van der Waals surface area contributed by atoms with Gasteiger partial charge >= 0.3 is 0 Å². The third kappa shape index (κ3) is 5.46. The molecule has 2 aromatic rings. The molecule has 3 rings (SSSR count). The van der Waals surface area contributed by atoms with Crippen LogP contribution in [0.15, 0.2) is 48.5 Å². The van der Waals surface area contributed by atoms with Gasteiger partial charge in [0.15, 0.2) is 5.78 Å². The van der Waals surface area contributed by atoms with Crippen LogP contribution in [-0.2, 0) is 9.59 Å². The van der Waals surface area contributed by atoms with E-state index in [9.17, 15) is 24.5 Å².